The van der Waals surface area contributed by atoms with Crippen LogP contribution in [0, 0.1) is 0 Å². The van der Waals surface area contributed by atoms with Crippen molar-refractivity contribution in [1.29, 1.82) is 0 Å². The lowest BCUT2D eigenvalue weighted by Gasteiger charge is -2.35. The fourth-order valence-corrected chi connectivity index (χ4v) is 2.02. The zero-order chi connectivity index (χ0) is 15.7. The standard InChI is InChI=1S/C13H12F5NO2/c14-12(15,13(16,17)18)11(20)19-6-7-21-10(8-19)9-4-2-1-3-5-9/h1-5,10H,6-8H2. The average Bonchev–Trinajstić information content (AvgIpc) is 2.46. The molecule has 0 bridgehead atoms. The second kappa shape index (κ2) is 5.59. The second-order valence-corrected chi connectivity index (χ2v) is 4.59. The number of benzene rings is 1. The predicted octanol–water partition coefficient (Wildman–Crippen LogP) is 2.78. The Morgan fingerprint density at radius 2 is 1.76 bits per heavy atom. The van der Waals surface area contributed by atoms with Gasteiger partial charge in [-0.3, -0.25) is 4.79 Å². The third-order valence-corrected chi connectivity index (χ3v) is 3.15. The van der Waals surface area contributed by atoms with Crippen molar-refractivity contribution in [3.63, 3.8) is 0 Å². The van der Waals surface area contributed by atoms with Crippen LogP contribution in [-0.2, 0) is 9.53 Å². The maximum Gasteiger partial charge on any atom is 0.463 e. The molecule has 1 atom stereocenters. The van der Waals surface area contributed by atoms with Crippen LogP contribution in [0.4, 0.5) is 22.0 Å². The highest BCUT2D eigenvalue weighted by Gasteiger charge is 2.64. The van der Waals surface area contributed by atoms with E-state index < -0.39 is 24.1 Å². The fourth-order valence-electron chi connectivity index (χ4n) is 2.02. The minimum Gasteiger partial charge on any atom is -0.370 e. The molecule has 1 saturated heterocycles. The average molecular weight is 309 g/mol. The Morgan fingerprint density at radius 1 is 1.14 bits per heavy atom. The summed E-state index contributed by atoms with van der Waals surface area (Å²) in [6.45, 7) is -0.735. The maximum absolute atomic E-state index is 13.1. The van der Waals surface area contributed by atoms with E-state index in [-0.39, 0.29) is 19.7 Å². The highest BCUT2D eigenvalue weighted by atomic mass is 19.4. The minimum absolute atomic E-state index is 0.0980. The van der Waals surface area contributed by atoms with Gasteiger partial charge in [-0.05, 0) is 5.56 Å². The minimum atomic E-state index is -5.90. The van der Waals surface area contributed by atoms with Crippen LogP contribution in [0.25, 0.3) is 0 Å². The van der Waals surface area contributed by atoms with Gasteiger partial charge >= 0.3 is 18.0 Å². The molecule has 0 aliphatic carbocycles. The lowest BCUT2D eigenvalue weighted by molar-refractivity contribution is -0.275. The molecule has 8 heteroatoms. The van der Waals surface area contributed by atoms with Crippen LogP contribution in [-0.4, -0.2) is 42.6 Å². The summed E-state index contributed by atoms with van der Waals surface area (Å²) in [6, 6.07) is 8.40. The molecule has 0 radical (unpaired) electrons. The second-order valence-electron chi connectivity index (χ2n) is 4.59. The summed E-state index contributed by atoms with van der Waals surface area (Å²) in [4.78, 5) is 11.9. The third kappa shape index (κ3) is 3.15. The van der Waals surface area contributed by atoms with Crippen LogP contribution in [0.2, 0.25) is 0 Å². The zero-order valence-electron chi connectivity index (χ0n) is 10.7. The first-order valence-corrected chi connectivity index (χ1v) is 6.14. The van der Waals surface area contributed by atoms with Crippen molar-refractivity contribution in [3.8, 4) is 0 Å². The fraction of sp³-hybridized carbons (Fsp3) is 0.462. The van der Waals surface area contributed by atoms with Gasteiger partial charge in [-0.1, -0.05) is 30.3 Å². The van der Waals surface area contributed by atoms with Gasteiger partial charge in [-0.15, -0.1) is 0 Å². The molecule has 0 aromatic heterocycles. The van der Waals surface area contributed by atoms with Crippen molar-refractivity contribution < 1.29 is 31.5 Å². The van der Waals surface area contributed by atoms with E-state index in [0.717, 1.165) is 0 Å². The number of morpholine rings is 1. The van der Waals surface area contributed by atoms with E-state index in [9.17, 15) is 26.7 Å². The largest absolute Gasteiger partial charge is 0.463 e. The molecule has 116 valence electrons. The summed E-state index contributed by atoms with van der Waals surface area (Å²) in [6.07, 6.45) is -6.61. The highest BCUT2D eigenvalue weighted by Crippen LogP contribution is 2.37. The van der Waals surface area contributed by atoms with E-state index >= 15 is 0 Å². The molecule has 3 nitrogen and oxygen atoms in total. The van der Waals surface area contributed by atoms with Gasteiger partial charge in [0.25, 0.3) is 0 Å². The van der Waals surface area contributed by atoms with Crippen molar-refractivity contribution in [3.05, 3.63) is 35.9 Å². The maximum atomic E-state index is 13.1. The lowest BCUT2D eigenvalue weighted by atomic mass is 10.1. The first-order valence-electron chi connectivity index (χ1n) is 6.14. The number of hydrogen-bond donors (Lipinski definition) is 0. The van der Waals surface area contributed by atoms with Gasteiger partial charge in [0.05, 0.1) is 13.2 Å². The van der Waals surface area contributed by atoms with Crippen molar-refractivity contribution in [1.82, 2.24) is 4.90 Å². The number of alkyl halides is 5. The van der Waals surface area contributed by atoms with Crippen LogP contribution < -0.4 is 0 Å². The Balaban J connectivity index is 2.13. The number of nitrogens with zero attached hydrogens (tertiary/aromatic N) is 1. The summed E-state index contributed by atoms with van der Waals surface area (Å²) in [5, 5.41) is 0. The van der Waals surface area contributed by atoms with Crippen molar-refractivity contribution in [2.75, 3.05) is 19.7 Å². The molecule has 21 heavy (non-hydrogen) atoms. The Labute approximate surface area is 117 Å². The number of carbonyl (C=O) groups is 1. The van der Waals surface area contributed by atoms with Gasteiger partial charge in [-0.2, -0.15) is 22.0 Å². The predicted molar refractivity (Wildman–Crippen MR) is 62.7 cm³/mol. The van der Waals surface area contributed by atoms with Crippen LogP contribution in [0.3, 0.4) is 0 Å². The van der Waals surface area contributed by atoms with E-state index in [4.69, 9.17) is 4.74 Å². The number of amides is 1. The summed E-state index contributed by atoms with van der Waals surface area (Å²) < 4.78 is 68.2. The lowest BCUT2D eigenvalue weighted by Crippen LogP contribution is -2.55. The van der Waals surface area contributed by atoms with E-state index in [2.05, 4.69) is 0 Å². The van der Waals surface area contributed by atoms with E-state index in [1.54, 1.807) is 30.3 Å². The van der Waals surface area contributed by atoms with Crippen LogP contribution in [0.1, 0.15) is 11.7 Å². The van der Waals surface area contributed by atoms with Crippen molar-refractivity contribution >= 4 is 5.91 Å². The van der Waals surface area contributed by atoms with Crippen molar-refractivity contribution in [2.45, 2.75) is 18.2 Å². The summed E-state index contributed by atoms with van der Waals surface area (Å²) in [5.74, 6) is -7.62. The molecule has 0 N–H and O–H groups in total. The van der Waals surface area contributed by atoms with Crippen molar-refractivity contribution in [2.24, 2.45) is 0 Å². The molecular weight excluding hydrogens is 297 g/mol. The molecule has 0 spiro atoms. The number of ether oxygens (including phenoxy) is 1. The van der Waals surface area contributed by atoms with Gasteiger partial charge in [-0.25, -0.2) is 0 Å². The van der Waals surface area contributed by atoms with Crippen LogP contribution in [0.5, 0.6) is 0 Å². The Bertz CT molecular complexity index is 503. The number of hydrogen-bond acceptors (Lipinski definition) is 2. The van der Waals surface area contributed by atoms with E-state index in [1.807, 2.05) is 0 Å². The summed E-state index contributed by atoms with van der Waals surface area (Å²) >= 11 is 0. The molecule has 1 heterocycles. The molecular formula is C13H12F5NO2. The molecule has 2 rings (SSSR count). The molecule has 1 amide bonds. The molecule has 1 unspecified atom stereocenters. The molecule has 1 aromatic carbocycles. The molecule has 1 aliphatic heterocycles. The highest BCUT2D eigenvalue weighted by molar-refractivity contribution is 5.84. The Kier molecular flexibility index (Phi) is 4.18. The summed E-state index contributed by atoms with van der Waals surface area (Å²) in [7, 11) is 0. The van der Waals surface area contributed by atoms with Crippen LogP contribution >= 0.6 is 0 Å². The molecule has 0 saturated carbocycles. The first-order chi connectivity index (χ1) is 9.73. The number of carbonyl (C=O) groups excluding carboxylic acids is 1. The smallest absolute Gasteiger partial charge is 0.370 e. The van der Waals surface area contributed by atoms with Gasteiger partial charge in [0.2, 0.25) is 0 Å². The SMILES string of the molecule is O=C(N1CCOC(c2ccccc2)C1)C(F)(F)C(F)(F)F. The van der Waals surface area contributed by atoms with E-state index in [0.29, 0.717) is 10.5 Å². The van der Waals surface area contributed by atoms with Gasteiger partial charge in [0, 0.05) is 6.54 Å². The zero-order valence-corrected chi connectivity index (χ0v) is 10.7. The third-order valence-electron chi connectivity index (χ3n) is 3.15. The normalized spacial score (nSPS) is 20.4. The monoisotopic (exact) mass is 309 g/mol. The van der Waals surface area contributed by atoms with Gasteiger partial charge in [0.1, 0.15) is 6.10 Å². The van der Waals surface area contributed by atoms with Crippen LogP contribution in [0.15, 0.2) is 30.3 Å². The quantitative estimate of drug-likeness (QED) is 0.786. The number of rotatable bonds is 2. The topological polar surface area (TPSA) is 29.5 Å². The van der Waals surface area contributed by atoms with Gasteiger partial charge < -0.3 is 9.64 Å². The summed E-state index contributed by atoms with van der Waals surface area (Å²) in [5.41, 5.74) is 0.616. The number of halogens is 5. The molecule has 1 fully saturated rings. The Morgan fingerprint density at radius 3 is 2.33 bits per heavy atom. The first kappa shape index (κ1) is 15.7. The Hall–Kier alpha value is -1.70. The van der Waals surface area contributed by atoms with Gasteiger partial charge in [0.15, 0.2) is 0 Å². The van der Waals surface area contributed by atoms with E-state index in [1.165, 1.54) is 0 Å². The molecule has 1 aromatic rings. The molecule has 1 aliphatic rings.